The Kier molecular flexibility index (Phi) is 4.84. The first kappa shape index (κ1) is 13.4. The van der Waals surface area contributed by atoms with Gasteiger partial charge in [-0.2, -0.15) is 0 Å². The zero-order chi connectivity index (χ0) is 12.8. The van der Waals surface area contributed by atoms with Gasteiger partial charge in [-0.05, 0) is 6.92 Å². The lowest BCUT2D eigenvalue weighted by Gasteiger charge is -2.16. The van der Waals surface area contributed by atoms with Crippen molar-refractivity contribution >= 4 is 11.8 Å². The minimum Gasteiger partial charge on any atom is -0.464 e. The molecule has 1 aromatic rings. The molecule has 4 nitrogen and oxygen atoms in total. The van der Waals surface area contributed by atoms with Crippen molar-refractivity contribution in [2.24, 2.45) is 5.92 Å². The van der Waals surface area contributed by atoms with Gasteiger partial charge in [-0.1, -0.05) is 37.3 Å². The van der Waals surface area contributed by atoms with Crippen LogP contribution in [-0.2, 0) is 9.53 Å². The summed E-state index contributed by atoms with van der Waals surface area (Å²) in [5.74, 6) is -1.84. The number of Topliss-reactive ketones (excluding diaryl/α,β-unsaturated/α-hetero) is 1. The van der Waals surface area contributed by atoms with Crippen molar-refractivity contribution in [1.82, 2.24) is 0 Å². The van der Waals surface area contributed by atoms with Crippen LogP contribution in [0.5, 0.6) is 0 Å². The van der Waals surface area contributed by atoms with E-state index in [0.717, 1.165) is 0 Å². The highest BCUT2D eigenvalue weighted by Crippen LogP contribution is 2.13. The van der Waals surface area contributed by atoms with Gasteiger partial charge in [0.25, 0.3) is 0 Å². The average molecular weight is 236 g/mol. The summed E-state index contributed by atoms with van der Waals surface area (Å²) >= 11 is 0. The van der Waals surface area contributed by atoms with Gasteiger partial charge in [-0.25, -0.2) is 4.79 Å². The average Bonchev–Trinajstić information content (AvgIpc) is 2.37. The Morgan fingerprint density at radius 3 is 2.41 bits per heavy atom. The SMILES string of the molecule is CCOC(=O)C(O)C(C)C(=O)c1ccccc1. The highest BCUT2D eigenvalue weighted by atomic mass is 16.5. The lowest BCUT2D eigenvalue weighted by molar-refractivity contribution is -0.154. The second-order valence-corrected chi connectivity index (χ2v) is 3.72. The molecule has 0 aliphatic heterocycles. The molecule has 0 saturated carbocycles. The monoisotopic (exact) mass is 236 g/mol. The molecule has 2 atom stereocenters. The summed E-state index contributed by atoms with van der Waals surface area (Å²) < 4.78 is 4.67. The summed E-state index contributed by atoms with van der Waals surface area (Å²) in [5.41, 5.74) is 0.475. The first-order chi connectivity index (χ1) is 8.07. The summed E-state index contributed by atoms with van der Waals surface area (Å²) in [5, 5.41) is 9.65. The van der Waals surface area contributed by atoms with Gasteiger partial charge in [0, 0.05) is 5.56 Å². The largest absolute Gasteiger partial charge is 0.464 e. The zero-order valence-electron chi connectivity index (χ0n) is 9.92. The van der Waals surface area contributed by atoms with E-state index < -0.39 is 18.0 Å². The quantitative estimate of drug-likeness (QED) is 0.620. The third-order valence-electron chi connectivity index (χ3n) is 2.47. The number of rotatable bonds is 5. The zero-order valence-corrected chi connectivity index (χ0v) is 9.92. The van der Waals surface area contributed by atoms with E-state index in [9.17, 15) is 14.7 Å². The molecule has 0 amide bonds. The molecule has 0 aliphatic rings. The Hall–Kier alpha value is -1.68. The fraction of sp³-hybridized carbons (Fsp3) is 0.385. The summed E-state index contributed by atoms with van der Waals surface area (Å²) in [6, 6.07) is 8.56. The van der Waals surface area contributed by atoms with Gasteiger partial charge in [0.15, 0.2) is 11.9 Å². The van der Waals surface area contributed by atoms with Crippen molar-refractivity contribution in [2.45, 2.75) is 20.0 Å². The van der Waals surface area contributed by atoms with Gasteiger partial charge in [0.1, 0.15) is 0 Å². The number of hydrogen-bond acceptors (Lipinski definition) is 4. The summed E-state index contributed by atoms with van der Waals surface area (Å²) in [7, 11) is 0. The molecule has 1 rings (SSSR count). The Bertz CT molecular complexity index is 386. The number of aliphatic hydroxyl groups is 1. The highest BCUT2D eigenvalue weighted by Gasteiger charge is 2.29. The molecule has 4 heteroatoms. The molecule has 2 unspecified atom stereocenters. The molecule has 0 spiro atoms. The molecule has 1 N–H and O–H groups in total. The van der Waals surface area contributed by atoms with Gasteiger partial charge in [0.05, 0.1) is 12.5 Å². The number of ether oxygens (including phenoxy) is 1. The van der Waals surface area contributed by atoms with E-state index in [4.69, 9.17) is 0 Å². The van der Waals surface area contributed by atoms with E-state index in [-0.39, 0.29) is 12.4 Å². The van der Waals surface area contributed by atoms with Crippen LogP contribution in [0.25, 0.3) is 0 Å². The molecule has 0 radical (unpaired) electrons. The van der Waals surface area contributed by atoms with E-state index >= 15 is 0 Å². The van der Waals surface area contributed by atoms with Crippen LogP contribution in [0, 0.1) is 5.92 Å². The second-order valence-electron chi connectivity index (χ2n) is 3.72. The van der Waals surface area contributed by atoms with Crippen LogP contribution < -0.4 is 0 Å². The van der Waals surface area contributed by atoms with Crippen LogP contribution in [0.3, 0.4) is 0 Å². The predicted octanol–water partition coefficient (Wildman–Crippen LogP) is 1.43. The van der Waals surface area contributed by atoms with E-state index in [2.05, 4.69) is 4.74 Å². The number of carbonyl (C=O) groups is 2. The van der Waals surface area contributed by atoms with Crippen molar-refractivity contribution in [3.63, 3.8) is 0 Å². The van der Waals surface area contributed by atoms with Gasteiger partial charge in [-0.15, -0.1) is 0 Å². The van der Waals surface area contributed by atoms with Gasteiger partial charge in [-0.3, -0.25) is 4.79 Å². The van der Waals surface area contributed by atoms with Gasteiger partial charge >= 0.3 is 5.97 Å². The summed E-state index contributed by atoms with van der Waals surface area (Å²) in [6.45, 7) is 3.34. The fourth-order valence-electron chi connectivity index (χ4n) is 1.44. The molecule has 92 valence electrons. The fourth-order valence-corrected chi connectivity index (χ4v) is 1.44. The van der Waals surface area contributed by atoms with Crippen LogP contribution in [-0.4, -0.2) is 29.6 Å². The van der Waals surface area contributed by atoms with E-state index in [1.165, 1.54) is 6.92 Å². The van der Waals surface area contributed by atoms with Crippen LogP contribution in [0.15, 0.2) is 30.3 Å². The van der Waals surface area contributed by atoms with Crippen molar-refractivity contribution in [2.75, 3.05) is 6.61 Å². The Morgan fingerprint density at radius 1 is 1.29 bits per heavy atom. The minimum atomic E-state index is -1.41. The second kappa shape index (κ2) is 6.15. The lowest BCUT2D eigenvalue weighted by atomic mass is 9.94. The first-order valence-electron chi connectivity index (χ1n) is 5.52. The van der Waals surface area contributed by atoms with Crippen molar-refractivity contribution in [1.29, 1.82) is 0 Å². The molecule has 0 fully saturated rings. The van der Waals surface area contributed by atoms with Crippen LogP contribution in [0.1, 0.15) is 24.2 Å². The maximum Gasteiger partial charge on any atom is 0.335 e. The Labute approximate surface area is 100 Å². The topological polar surface area (TPSA) is 63.6 Å². The van der Waals surface area contributed by atoms with E-state index in [0.29, 0.717) is 5.56 Å². The van der Waals surface area contributed by atoms with Crippen molar-refractivity contribution < 1.29 is 19.4 Å². The third-order valence-corrected chi connectivity index (χ3v) is 2.47. The van der Waals surface area contributed by atoms with Gasteiger partial charge in [0.2, 0.25) is 0 Å². The van der Waals surface area contributed by atoms with E-state index in [1.54, 1.807) is 37.3 Å². The molecule has 0 aliphatic carbocycles. The predicted molar refractivity (Wildman–Crippen MR) is 62.6 cm³/mol. The number of benzene rings is 1. The smallest absolute Gasteiger partial charge is 0.335 e. The number of ketones is 1. The molecule has 0 bridgehead atoms. The number of aliphatic hydroxyl groups excluding tert-OH is 1. The lowest BCUT2D eigenvalue weighted by Crippen LogP contribution is -2.34. The highest BCUT2D eigenvalue weighted by molar-refractivity contribution is 6.00. The molecular formula is C13H16O4. The van der Waals surface area contributed by atoms with E-state index in [1.807, 2.05) is 0 Å². The van der Waals surface area contributed by atoms with Crippen molar-refractivity contribution in [3.05, 3.63) is 35.9 Å². The Balaban J connectivity index is 2.73. The maximum absolute atomic E-state index is 11.9. The van der Waals surface area contributed by atoms with Crippen LogP contribution >= 0.6 is 0 Å². The number of esters is 1. The third kappa shape index (κ3) is 3.39. The Morgan fingerprint density at radius 2 is 1.88 bits per heavy atom. The van der Waals surface area contributed by atoms with Crippen LogP contribution in [0.2, 0.25) is 0 Å². The molecule has 17 heavy (non-hydrogen) atoms. The molecule has 1 aromatic carbocycles. The van der Waals surface area contributed by atoms with Gasteiger partial charge < -0.3 is 9.84 Å². The first-order valence-corrected chi connectivity index (χ1v) is 5.52. The standard InChI is InChI=1S/C13H16O4/c1-3-17-13(16)12(15)9(2)11(14)10-7-5-4-6-8-10/h4-9,12,15H,3H2,1-2H3. The summed E-state index contributed by atoms with van der Waals surface area (Å²) in [6.07, 6.45) is -1.41. The molecular weight excluding hydrogens is 220 g/mol. The van der Waals surface area contributed by atoms with Crippen LogP contribution in [0.4, 0.5) is 0 Å². The maximum atomic E-state index is 11.9. The number of hydrogen-bond donors (Lipinski definition) is 1. The molecule has 0 saturated heterocycles. The molecule has 0 heterocycles. The summed E-state index contributed by atoms with van der Waals surface area (Å²) in [4.78, 5) is 23.2. The molecule has 0 aromatic heterocycles. The van der Waals surface area contributed by atoms with Crippen molar-refractivity contribution in [3.8, 4) is 0 Å². The normalized spacial score (nSPS) is 13.8. The minimum absolute atomic E-state index is 0.183. The number of carbonyl (C=O) groups excluding carboxylic acids is 2.